The summed E-state index contributed by atoms with van der Waals surface area (Å²) in [4.78, 5) is 13.9. The lowest BCUT2D eigenvalue weighted by molar-refractivity contribution is -0.128. The minimum atomic E-state index is 0.0998. The Labute approximate surface area is 113 Å². The minimum Gasteiger partial charge on any atom is -0.322 e. The van der Waals surface area contributed by atoms with Crippen LogP contribution in [-0.2, 0) is 4.79 Å². The fraction of sp³-hybridized carbons (Fsp3) is 0.643. The quantitative estimate of drug-likeness (QED) is 0.803. The zero-order valence-corrected chi connectivity index (χ0v) is 12.0. The number of hydrogen-bond donors (Lipinski definition) is 1. The van der Waals surface area contributed by atoms with Crippen molar-refractivity contribution >= 4 is 17.2 Å². The molecule has 0 spiro atoms. The molecule has 1 aromatic heterocycles. The van der Waals surface area contributed by atoms with Crippen LogP contribution < -0.4 is 5.32 Å². The Morgan fingerprint density at radius 2 is 2.33 bits per heavy atom. The lowest BCUT2D eigenvalue weighted by atomic mass is 10.1. The normalized spacial score (nSPS) is 20.1. The molecule has 1 aliphatic rings. The van der Waals surface area contributed by atoms with Crippen LogP contribution in [0.25, 0.3) is 0 Å². The molecule has 1 saturated heterocycles. The van der Waals surface area contributed by atoms with E-state index in [4.69, 9.17) is 0 Å². The molecule has 1 N–H and O–H groups in total. The standard InChI is InChI=1S/C14H22N2OS/c1-11(2)5-3-4-7-16-13(17)9-15-14(16)12-6-8-18-10-12/h6,8,10-11,14-15H,3-5,7,9H2,1-2H3. The Morgan fingerprint density at radius 1 is 1.50 bits per heavy atom. The van der Waals surface area contributed by atoms with Crippen molar-refractivity contribution < 1.29 is 4.79 Å². The number of nitrogens with zero attached hydrogens (tertiary/aromatic N) is 1. The summed E-state index contributed by atoms with van der Waals surface area (Å²) in [6, 6.07) is 2.10. The summed E-state index contributed by atoms with van der Waals surface area (Å²) in [6.07, 6.45) is 3.66. The van der Waals surface area contributed by atoms with Crippen molar-refractivity contribution in [3.8, 4) is 0 Å². The minimum absolute atomic E-state index is 0.0998. The van der Waals surface area contributed by atoms with E-state index >= 15 is 0 Å². The molecule has 1 unspecified atom stereocenters. The SMILES string of the molecule is CC(C)CCCCN1C(=O)CNC1c1ccsc1. The van der Waals surface area contributed by atoms with Gasteiger partial charge in [0.1, 0.15) is 6.17 Å². The van der Waals surface area contributed by atoms with Gasteiger partial charge < -0.3 is 4.90 Å². The number of amides is 1. The molecule has 100 valence electrons. The molecule has 3 nitrogen and oxygen atoms in total. The van der Waals surface area contributed by atoms with Crippen LogP contribution in [0.15, 0.2) is 16.8 Å². The predicted molar refractivity (Wildman–Crippen MR) is 75.5 cm³/mol. The molecule has 1 fully saturated rings. The van der Waals surface area contributed by atoms with E-state index < -0.39 is 0 Å². The predicted octanol–water partition coefficient (Wildman–Crippen LogP) is 3.00. The van der Waals surface area contributed by atoms with Crippen LogP contribution in [0.5, 0.6) is 0 Å². The Bertz CT molecular complexity index is 375. The van der Waals surface area contributed by atoms with Gasteiger partial charge in [0.2, 0.25) is 5.91 Å². The van der Waals surface area contributed by atoms with Gasteiger partial charge in [-0.15, -0.1) is 0 Å². The highest BCUT2D eigenvalue weighted by molar-refractivity contribution is 7.07. The van der Waals surface area contributed by atoms with Gasteiger partial charge >= 0.3 is 0 Å². The first-order valence-electron chi connectivity index (χ1n) is 6.73. The number of nitrogens with one attached hydrogen (secondary N) is 1. The smallest absolute Gasteiger partial charge is 0.238 e. The molecule has 0 aliphatic carbocycles. The molecule has 1 amide bonds. The van der Waals surface area contributed by atoms with Crippen LogP contribution in [-0.4, -0.2) is 23.9 Å². The molecule has 0 aromatic carbocycles. The topological polar surface area (TPSA) is 32.3 Å². The number of rotatable bonds is 6. The van der Waals surface area contributed by atoms with E-state index in [0.717, 1.165) is 18.9 Å². The molecule has 2 rings (SSSR count). The summed E-state index contributed by atoms with van der Waals surface area (Å²) in [5.41, 5.74) is 1.22. The van der Waals surface area contributed by atoms with Gasteiger partial charge in [-0.1, -0.05) is 26.7 Å². The van der Waals surface area contributed by atoms with E-state index in [1.165, 1.54) is 18.4 Å². The molecule has 1 aromatic rings. The van der Waals surface area contributed by atoms with E-state index in [9.17, 15) is 4.79 Å². The first-order valence-corrected chi connectivity index (χ1v) is 7.67. The number of carbonyl (C=O) groups excluding carboxylic acids is 1. The van der Waals surface area contributed by atoms with Crippen LogP contribution in [0.4, 0.5) is 0 Å². The number of hydrogen-bond acceptors (Lipinski definition) is 3. The van der Waals surface area contributed by atoms with Crippen LogP contribution >= 0.6 is 11.3 Å². The third-order valence-corrected chi connectivity index (χ3v) is 4.07. The van der Waals surface area contributed by atoms with Crippen LogP contribution in [0.2, 0.25) is 0 Å². The molecule has 1 aliphatic heterocycles. The molecule has 4 heteroatoms. The summed E-state index contributed by atoms with van der Waals surface area (Å²) >= 11 is 1.68. The van der Waals surface area contributed by atoms with E-state index in [2.05, 4.69) is 36.0 Å². The molecule has 0 bridgehead atoms. The Hall–Kier alpha value is -0.870. The molecule has 18 heavy (non-hydrogen) atoms. The third-order valence-electron chi connectivity index (χ3n) is 3.37. The zero-order valence-electron chi connectivity index (χ0n) is 11.2. The van der Waals surface area contributed by atoms with Gasteiger partial charge in [-0.25, -0.2) is 0 Å². The van der Waals surface area contributed by atoms with E-state index in [-0.39, 0.29) is 12.1 Å². The first-order chi connectivity index (χ1) is 8.68. The van der Waals surface area contributed by atoms with Gasteiger partial charge in [-0.2, -0.15) is 11.3 Å². The van der Waals surface area contributed by atoms with Gasteiger partial charge in [-0.3, -0.25) is 10.1 Å². The second-order valence-electron chi connectivity index (χ2n) is 5.32. The zero-order chi connectivity index (χ0) is 13.0. The van der Waals surface area contributed by atoms with Crippen molar-refractivity contribution in [3.05, 3.63) is 22.4 Å². The molecule has 2 heterocycles. The van der Waals surface area contributed by atoms with Crippen molar-refractivity contribution in [2.75, 3.05) is 13.1 Å². The van der Waals surface area contributed by atoms with Gasteiger partial charge in [-0.05, 0) is 34.7 Å². The molecular weight excluding hydrogens is 244 g/mol. The maximum Gasteiger partial charge on any atom is 0.238 e. The summed E-state index contributed by atoms with van der Waals surface area (Å²) in [5, 5.41) is 7.48. The Kier molecular flexibility index (Phi) is 4.78. The maximum absolute atomic E-state index is 11.9. The number of carbonyl (C=O) groups is 1. The van der Waals surface area contributed by atoms with Crippen molar-refractivity contribution in [1.82, 2.24) is 10.2 Å². The van der Waals surface area contributed by atoms with E-state index in [0.29, 0.717) is 6.54 Å². The summed E-state index contributed by atoms with van der Waals surface area (Å²) in [7, 11) is 0. The van der Waals surface area contributed by atoms with Crippen molar-refractivity contribution in [3.63, 3.8) is 0 Å². The summed E-state index contributed by atoms with van der Waals surface area (Å²) < 4.78 is 0. The van der Waals surface area contributed by atoms with Gasteiger partial charge in [0.25, 0.3) is 0 Å². The van der Waals surface area contributed by atoms with E-state index in [1.54, 1.807) is 11.3 Å². The highest BCUT2D eigenvalue weighted by atomic mass is 32.1. The van der Waals surface area contributed by atoms with Crippen LogP contribution in [0.1, 0.15) is 44.8 Å². The Balaban J connectivity index is 1.86. The average Bonchev–Trinajstić information content (AvgIpc) is 2.94. The highest BCUT2D eigenvalue weighted by Gasteiger charge is 2.30. The molecule has 1 atom stereocenters. The van der Waals surface area contributed by atoms with Gasteiger partial charge in [0.15, 0.2) is 0 Å². The summed E-state index contributed by atoms with van der Waals surface area (Å²) in [5.74, 6) is 0.987. The van der Waals surface area contributed by atoms with Crippen LogP contribution in [0, 0.1) is 5.92 Å². The molecule has 0 radical (unpaired) electrons. The Morgan fingerprint density at radius 3 is 3.00 bits per heavy atom. The largest absolute Gasteiger partial charge is 0.322 e. The van der Waals surface area contributed by atoms with E-state index in [1.807, 2.05) is 4.90 Å². The highest BCUT2D eigenvalue weighted by Crippen LogP contribution is 2.24. The first kappa shape index (κ1) is 13.6. The van der Waals surface area contributed by atoms with Crippen LogP contribution in [0.3, 0.4) is 0 Å². The van der Waals surface area contributed by atoms with Gasteiger partial charge in [0.05, 0.1) is 6.54 Å². The monoisotopic (exact) mass is 266 g/mol. The van der Waals surface area contributed by atoms with Crippen molar-refractivity contribution in [2.45, 2.75) is 39.3 Å². The maximum atomic E-state index is 11.9. The average molecular weight is 266 g/mol. The summed E-state index contributed by atoms with van der Waals surface area (Å²) in [6.45, 7) is 5.84. The lowest BCUT2D eigenvalue weighted by Crippen LogP contribution is -2.31. The number of thiophene rings is 1. The van der Waals surface area contributed by atoms with Crippen molar-refractivity contribution in [1.29, 1.82) is 0 Å². The second kappa shape index (κ2) is 6.34. The molecular formula is C14H22N2OS. The lowest BCUT2D eigenvalue weighted by Gasteiger charge is -2.23. The third kappa shape index (κ3) is 3.33. The molecule has 0 saturated carbocycles. The second-order valence-corrected chi connectivity index (χ2v) is 6.10. The van der Waals surface area contributed by atoms with Crippen molar-refractivity contribution in [2.24, 2.45) is 5.92 Å². The van der Waals surface area contributed by atoms with Gasteiger partial charge in [0, 0.05) is 6.54 Å². The fourth-order valence-corrected chi connectivity index (χ4v) is 3.04. The number of unbranched alkanes of at least 4 members (excludes halogenated alkanes) is 1. The fourth-order valence-electron chi connectivity index (χ4n) is 2.36.